The summed E-state index contributed by atoms with van der Waals surface area (Å²) in [6.45, 7) is 1.20. The highest BCUT2D eigenvalue weighted by Crippen LogP contribution is 2.38. The van der Waals surface area contributed by atoms with Crippen LogP contribution in [0, 0.1) is 5.92 Å². The van der Waals surface area contributed by atoms with Gasteiger partial charge in [0.1, 0.15) is 0 Å². The summed E-state index contributed by atoms with van der Waals surface area (Å²) in [6.07, 6.45) is 6.53. The summed E-state index contributed by atoms with van der Waals surface area (Å²) in [4.78, 5) is 0. The molecule has 0 aromatic rings. The average molecular weight is 213 g/mol. The lowest BCUT2D eigenvalue weighted by molar-refractivity contribution is 0.0921. The second-order valence-electron chi connectivity index (χ2n) is 4.84. The monoisotopic (exact) mass is 213 g/mol. The van der Waals surface area contributed by atoms with Crippen molar-refractivity contribution in [2.75, 3.05) is 18.1 Å². The van der Waals surface area contributed by atoms with Crippen LogP contribution in [0.25, 0.3) is 0 Å². The molecular weight excluding hydrogens is 194 g/mol. The number of nitrogens with one attached hydrogen (secondary N) is 1. The number of hydrogen-bond acceptors (Lipinski definition) is 3. The lowest BCUT2D eigenvalue weighted by Gasteiger charge is -2.21. The third kappa shape index (κ3) is 1.82. The number of ether oxygens (including phenoxy) is 1. The fraction of sp³-hybridized carbons (Fsp3) is 1.00. The predicted molar refractivity (Wildman–Crippen MR) is 59.7 cm³/mol. The fourth-order valence-electron chi connectivity index (χ4n) is 2.97. The van der Waals surface area contributed by atoms with Gasteiger partial charge in [-0.1, -0.05) is 0 Å². The van der Waals surface area contributed by atoms with Gasteiger partial charge >= 0.3 is 0 Å². The van der Waals surface area contributed by atoms with Crippen LogP contribution in [0.1, 0.15) is 25.7 Å². The molecule has 0 aromatic carbocycles. The van der Waals surface area contributed by atoms with Gasteiger partial charge in [0, 0.05) is 24.3 Å². The first kappa shape index (κ1) is 9.49. The molecule has 3 heterocycles. The Morgan fingerprint density at radius 1 is 1.29 bits per heavy atom. The summed E-state index contributed by atoms with van der Waals surface area (Å²) >= 11 is 2.09. The SMILES string of the molecule is C1CC(NCC2CC3CCC2O3)CS1. The van der Waals surface area contributed by atoms with Gasteiger partial charge in [-0.25, -0.2) is 0 Å². The molecule has 3 aliphatic heterocycles. The molecule has 14 heavy (non-hydrogen) atoms. The van der Waals surface area contributed by atoms with Gasteiger partial charge in [-0.3, -0.25) is 0 Å². The molecule has 4 unspecified atom stereocenters. The van der Waals surface area contributed by atoms with E-state index in [1.54, 1.807) is 0 Å². The van der Waals surface area contributed by atoms with Crippen LogP contribution >= 0.6 is 11.8 Å². The van der Waals surface area contributed by atoms with E-state index >= 15 is 0 Å². The molecule has 0 aliphatic carbocycles. The van der Waals surface area contributed by atoms with E-state index in [1.165, 1.54) is 43.7 Å². The summed E-state index contributed by atoms with van der Waals surface area (Å²) < 4.78 is 5.85. The maximum atomic E-state index is 5.85. The van der Waals surface area contributed by atoms with Gasteiger partial charge in [0.25, 0.3) is 0 Å². The largest absolute Gasteiger partial charge is 0.375 e. The zero-order valence-electron chi connectivity index (χ0n) is 8.58. The van der Waals surface area contributed by atoms with E-state index in [0.717, 1.165) is 12.0 Å². The average Bonchev–Trinajstić information content (AvgIpc) is 2.91. The summed E-state index contributed by atoms with van der Waals surface area (Å²) in [5, 5.41) is 3.71. The van der Waals surface area contributed by atoms with Crippen molar-refractivity contribution in [3.8, 4) is 0 Å². The van der Waals surface area contributed by atoms with Crippen molar-refractivity contribution >= 4 is 11.8 Å². The van der Waals surface area contributed by atoms with E-state index in [-0.39, 0.29) is 0 Å². The normalized spacial score (nSPS) is 46.3. The fourth-order valence-corrected chi connectivity index (χ4v) is 4.16. The Hall–Kier alpha value is 0.270. The van der Waals surface area contributed by atoms with E-state index < -0.39 is 0 Å². The summed E-state index contributed by atoms with van der Waals surface area (Å²) in [5.74, 6) is 3.49. The Kier molecular flexibility index (Phi) is 2.73. The number of rotatable bonds is 3. The van der Waals surface area contributed by atoms with Crippen LogP contribution in [0.15, 0.2) is 0 Å². The van der Waals surface area contributed by atoms with E-state index in [4.69, 9.17) is 4.74 Å². The highest BCUT2D eigenvalue weighted by Gasteiger charge is 2.40. The molecule has 2 nitrogen and oxygen atoms in total. The van der Waals surface area contributed by atoms with Crippen LogP contribution in [0.3, 0.4) is 0 Å². The molecule has 0 amide bonds. The zero-order valence-corrected chi connectivity index (χ0v) is 9.39. The molecule has 3 aliphatic rings. The first-order chi connectivity index (χ1) is 6.92. The third-order valence-electron chi connectivity index (χ3n) is 3.83. The Bertz CT molecular complexity index is 205. The van der Waals surface area contributed by atoms with E-state index in [2.05, 4.69) is 17.1 Å². The summed E-state index contributed by atoms with van der Waals surface area (Å²) in [6, 6.07) is 0.791. The number of fused-ring (bicyclic) bond motifs is 2. The molecule has 3 heteroatoms. The highest BCUT2D eigenvalue weighted by atomic mass is 32.2. The molecule has 0 radical (unpaired) electrons. The van der Waals surface area contributed by atoms with E-state index in [1.807, 2.05) is 0 Å². The second kappa shape index (κ2) is 4.03. The zero-order chi connectivity index (χ0) is 9.38. The third-order valence-corrected chi connectivity index (χ3v) is 4.99. The summed E-state index contributed by atoms with van der Waals surface area (Å²) in [7, 11) is 0. The first-order valence-corrected chi connectivity index (χ1v) is 7.04. The summed E-state index contributed by atoms with van der Waals surface area (Å²) in [5.41, 5.74) is 0. The maximum absolute atomic E-state index is 5.85. The second-order valence-corrected chi connectivity index (χ2v) is 5.99. The van der Waals surface area contributed by atoms with Crippen molar-refractivity contribution in [3.63, 3.8) is 0 Å². The molecule has 2 bridgehead atoms. The van der Waals surface area contributed by atoms with E-state index in [0.29, 0.717) is 12.2 Å². The Balaban J connectivity index is 1.44. The van der Waals surface area contributed by atoms with Gasteiger partial charge in [-0.05, 0) is 31.4 Å². The van der Waals surface area contributed by atoms with Crippen LogP contribution in [0.2, 0.25) is 0 Å². The van der Waals surface area contributed by atoms with Gasteiger partial charge in [-0.2, -0.15) is 11.8 Å². The van der Waals surface area contributed by atoms with Crippen LogP contribution in [0.5, 0.6) is 0 Å². The first-order valence-electron chi connectivity index (χ1n) is 5.88. The van der Waals surface area contributed by atoms with Gasteiger partial charge in [0.2, 0.25) is 0 Å². The molecule has 3 saturated heterocycles. The molecule has 1 N–H and O–H groups in total. The van der Waals surface area contributed by atoms with Crippen LogP contribution < -0.4 is 5.32 Å². The molecule has 0 spiro atoms. The van der Waals surface area contributed by atoms with Crippen molar-refractivity contribution in [2.45, 2.75) is 43.9 Å². The van der Waals surface area contributed by atoms with Crippen molar-refractivity contribution in [2.24, 2.45) is 5.92 Å². The Morgan fingerprint density at radius 3 is 2.93 bits per heavy atom. The molecule has 4 atom stereocenters. The smallest absolute Gasteiger partial charge is 0.0621 e. The van der Waals surface area contributed by atoms with Crippen molar-refractivity contribution in [3.05, 3.63) is 0 Å². The van der Waals surface area contributed by atoms with Crippen molar-refractivity contribution in [1.82, 2.24) is 5.32 Å². The van der Waals surface area contributed by atoms with Gasteiger partial charge in [0.15, 0.2) is 0 Å². The van der Waals surface area contributed by atoms with Crippen molar-refractivity contribution < 1.29 is 4.74 Å². The van der Waals surface area contributed by atoms with Gasteiger partial charge in [-0.15, -0.1) is 0 Å². The molecule has 0 saturated carbocycles. The highest BCUT2D eigenvalue weighted by molar-refractivity contribution is 7.99. The Morgan fingerprint density at radius 2 is 2.29 bits per heavy atom. The molecule has 80 valence electrons. The quantitative estimate of drug-likeness (QED) is 0.770. The Labute approximate surface area is 90.2 Å². The van der Waals surface area contributed by atoms with Gasteiger partial charge in [0.05, 0.1) is 12.2 Å². The lowest BCUT2D eigenvalue weighted by Crippen LogP contribution is -2.36. The van der Waals surface area contributed by atoms with Crippen LogP contribution in [-0.4, -0.2) is 36.3 Å². The minimum absolute atomic E-state index is 0.599. The molecule has 3 rings (SSSR count). The number of thioether (sulfide) groups is 1. The van der Waals surface area contributed by atoms with Crippen molar-refractivity contribution in [1.29, 1.82) is 0 Å². The standard InChI is InChI=1S/C11H19NOS/c1-2-11-8(5-10(1)13-11)6-12-9-3-4-14-7-9/h8-12H,1-7H2. The minimum Gasteiger partial charge on any atom is -0.375 e. The predicted octanol–water partition coefficient (Wildman–Crippen LogP) is 1.65. The van der Waals surface area contributed by atoms with Crippen LogP contribution in [-0.2, 0) is 4.74 Å². The van der Waals surface area contributed by atoms with Crippen LogP contribution in [0.4, 0.5) is 0 Å². The topological polar surface area (TPSA) is 21.3 Å². The molecule has 3 fully saturated rings. The molecular formula is C11H19NOS. The van der Waals surface area contributed by atoms with Gasteiger partial charge < -0.3 is 10.1 Å². The van der Waals surface area contributed by atoms with E-state index in [9.17, 15) is 0 Å². The number of hydrogen-bond donors (Lipinski definition) is 1. The molecule has 0 aromatic heterocycles. The minimum atomic E-state index is 0.599. The maximum Gasteiger partial charge on any atom is 0.0621 e. The lowest BCUT2D eigenvalue weighted by atomic mass is 9.89.